The molecule has 0 aromatic carbocycles. The van der Waals surface area contributed by atoms with Crippen molar-refractivity contribution in [2.45, 2.75) is 46.0 Å². The summed E-state index contributed by atoms with van der Waals surface area (Å²) < 4.78 is 4.91. The highest BCUT2D eigenvalue weighted by Crippen LogP contribution is 2.45. The van der Waals surface area contributed by atoms with Gasteiger partial charge in [-0.05, 0) is 50.4 Å². The highest BCUT2D eigenvalue weighted by atomic mass is 16.5. The maximum absolute atomic E-state index is 11.7. The van der Waals surface area contributed by atoms with Gasteiger partial charge in [-0.2, -0.15) is 0 Å². The van der Waals surface area contributed by atoms with Crippen LogP contribution in [-0.4, -0.2) is 13.1 Å². The molecule has 2 aliphatic carbocycles. The lowest BCUT2D eigenvalue weighted by molar-refractivity contribution is -0.148. The Morgan fingerprint density at radius 1 is 1.41 bits per heavy atom. The lowest BCUT2D eigenvalue weighted by atomic mass is 9.63. The average molecular weight is 236 g/mol. The zero-order chi connectivity index (χ0) is 12.4. The normalized spacial score (nSPS) is 34.5. The summed E-state index contributed by atoms with van der Waals surface area (Å²) in [7, 11) is 1.50. The summed E-state index contributed by atoms with van der Waals surface area (Å²) in [5.41, 5.74) is 1.51. The van der Waals surface area contributed by atoms with Crippen LogP contribution in [0, 0.1) is 23.7 Å². The average Bonchev–Trinajstić information content (AvgIpc) is 2.36. The van der Waals surface area contributed by atoms with E-state index in [2.05, 4.69) is 13.0 Å². The van der Waals surface area contributed by atoms with Crippen LogP contribution in [0.4, 0.5) is 0 Å². The van der Waals surface area contributed by atoms with Gasteiger partial charge in [0.25, 0.3) is 0 Å². The number of carbonyl (C=O) groups is 1. The lowest BCUT2D eigenvalue weighted by Gasteiger charge is -2.41. The van der Waals surface area contributed by atoms with Crippen molar-refractivity contribution in [3.63, 3.8) is 0 Å². The summed E-state index contributed by atoms with van der Waals surface area (Å²) in [6.07, 6.45) is 8.81. The molecule has 0 saturated heterocycles. The third kappa shape index (κ3) is 2.56. The molecule has 96 valence electrons. The van der Waals surface area contributed by atoms with E-state index >= 15 is 0 Å². The summed E-state index contributed by atoms with van der Waals surface area (Å²) in [6.45, 7) is 4.27. The van der Waals surface area contributed by atoms with Crippen molar-refractivity contribution in [2.75, 3.05) is 7.11 Å². The Hall–Kier alpha value is -0.790. The van der Waals surface area contributed by atoms with E-state index in [-0.39, 0.29) is 11.9 Å². The second-order valence-corrected chi connectivity index (χ2v) is 5.80. The van der Waals surface area contributed by atoms with Crippen LogP contribution in [0.15, 0.2) is 11.6 Å². The van der Waals surface area contributed by atoms with Crippen LogP contribution in [0.3, 0.4) is 0 Å². The fourth-order valence-electron chi connectivity index (χ4n) is 3.72. The van der Waals surface area contributed by atoms with E-state index in [0.717, 1.165) is 5.92 Å². The van der Waals surface area contributed by atoms with E-state index in [1.807, 2.05) is 6.92 Å². The molecule has 4 atom stereocenters. The van der Waals surface area contributed by atoms with Gasteiger partial charge in [0.15, 0.2) is 0 Å². The SMILES string of the molecule is COC(=O)C(C)C1CCCC2CCC(C)=CC21. The van der Waals surface area contributed by atoms with Gasteiger partial charge in [0, 0.05) is 0 Å². The van der Waals surface area contributed by atoms with E-state index in [9.17, 15) is 4.79 Å². The minimum Gasteiger partial charge on any atom is -0.469 e. The number of fused-ring (bicyclic) bond motifs is 1. The van der Waals surface area contributed by atoms with E-state index in [1.54, 1.807) is 0 Å². The fourth-order valence-corrected chi connectivity index (χ4v) is 3.72. The summed E-state index contributed by atoms with van der Waals surface area (Å²) in [5, 5.41) is 0. The van der Waals surface area contributed by atoms with Crippen molar-refractivity contribution < 1.29 is 9.53 Å². The van der Waals surface area contributed by atoms with Crippen LogP contribution >= 0.6 is 0 Å². The number of hydrogen-bond donors (Lipinski definition) is 0. The van der Waals surface area contributed by atoms with Crippen LogP contribution < -0.4 is 0 Å². The molecule has 1 saturated carbocycles. The Balaban J connectivity index is 2.15. The van der Waals surface area contributed by atoms with Crippen molar-refractivity contribution >= 4 is 5.97 Å². The Labute approximate surface area is 104 Å². The molecular formula is C15H24O2. The minimum atomic E-state index is -0.0349. The monoisotopic (exact) mass is 236 g/mol. The van der Waals surface area contributed by atoms with Gasteiger partial charge in [-0.1, -0.05) is 25.0 Å². The van der Waals surface area contributed by atoms with Gasteiger partial charge in [0.05, 0.1) is 13.0 Å². The van der Waals surface area contributed by atoms with Crippen LogP contribution in [0.5, 0.6) is 0 Å². The quantitative estimate of drug-likeness (QED) is 0.541. The molecule has 17 heavy (non-hydrogen) atoms. The van der Waals surface area contributed by atoms with Crippen LogP contribution in [0.2, 0.25) is 0 Å². The first-order valence-corrected chi connectivity index (χ1v) is 6.88. The summed E-state index contributed by atoms with van der Waals surface area (Å²) in [5.74, 6) is 1.94. The molecule has 0 N–H and O–H groups in total. The molecule has 2 aliphatic rings. The summed E-state index contributed by atoms with van der Waals surface area (Å²) in [6, 6.07) is 0. The molecule has 1 fully saturated rings. The molecule has 0 aliphatic heterocycles. The number of hydrogen-bond acceptors (Lipinski definition) is 2. The van der Waals surface area contributed by atoms with E-state index < -0.39 is 0 Å². The lowest BCUT2D eigenvalue weighted by Crippen LogP contribution is -2.36. The smallest absolute Gasteiger partial charge is 0.308 e. The molecule has 0 aromatic heterocycles. The first-order chi connectivity index (χ1) is 8.13. The highest BCUT2D eigenvalue weighted by molar-refractivity contribution is 5.72. The summed E-state index contributed by atoms with van der Waals surface area (Å²) >= 11 is 0. The molecular weight excluding hydrogens is 212 g/mol. The van der Waals surface area contributed by atoms with E-state index in [1.165, 1.54) is 44.8 Å². The molecule has 2 heteroatoms. The van der Waals surface area contributed by atoms with Gasteiger partial charge < -0.3 is 4.74 Å². The molecule has 4 unspecified atom stereocenters. The largest absolute Gasteiger partial charge is 0.469 e. The number of rotatable bonds is 2. The van der Waals surface area contributed by atoms with Gasteiger partial charge in [0.1, 0.15) is 0 Å². The van der Waals surface area contributed by atoms with Gasteiger partial charge in [-0.3, -0.25) is 4.79 Å². The number of carbonyl (C=O) groups excluding carboxylic acids is 1. The molecule has 2 nitrogen and oxygen atoms in total. The van der Waals surface area contributed by atoms with E-state index in [4.69, 9.17) is 4.74 Å². The number of esters is 1. The van der Waals surface area contributed by atoms with Crippen molar-refractivity contribution in [3.8, 4) is 0 Å². The van der Waals surface area contributed by atoms with Gasteiger partial charge in [0.2, 0.25) is 0 Å². The number of ether oxygens (including phenoxy) is 1. The Morgan fingerprint density at radius 2 is 2.18 bits per heavy atom. The maximum Gasteiger partial charge on any atom is 0.308 e. The molecule has 0 bridgehead atoms. The number of allylic oxidation sites excluding steroid dienone is 2. The molecule has 0 aromatic rings. The minimum absolute atomic E-state index is 0.0349. The van der Waals surface area contributed by atoms with Crippen molar-refractivity contribution in [3.05, 3.63) is 11.6 Å². The van der Waals surface area contributed by atoms with E-state index in [0.29, 0.717) is 11.8 Å². The predicted molar refractivity (Wildman–Crippen MR) is 68.5 cm³/mol. The van der Waals surface area contributed by atoms with Crippen LogP contribution in [0.1, 0.15) is 46.0 Å². The molecule has 2 rings (SSSR count). The molecule has 0 spiro atoms. The molecule has 0 radical (unpaired) electrons. The molecule has 0 amide bonds. The topological polar surface area (TPSA) is 26.3 Å². The first kappa shape index (κ1) is 12.7. The second kappa shape index (κ2) is 5.24. The number of methoxy groups -OCH3 is 1. The Kier molecular flexibility index (Phi) is 3.90. The standard InChI is InChI=1S/C15H24O2/c1-10-7-8-12-5-4-6-13(14(12)9-10)11(2)15(16)17-3/h9,11-14H,4-8H2,1-3H3. The fraction of sp³-hybridized carbons (Fsp3) is 0.800. The maximum atomic E-state index is 11.7. The highest BCUT2D eigenvalue weighted by Gasteiger charge is 2.38. The third-order valence-electron chi connectivity index (χ3n) is 4.75. The molecule has 0 heterocycles. The third-order valence-corrected chi connectivity index (χ3v) is 4.75. The van der Waals surface area contributed by atoms with Crippen molar-refractivity contribution in [1.29, 1.82) is 0 Å². The zero-order valence-electron chi connectivity index (χ0n) is 11.2. The van der Waals surface area contributed by atoms with Gasteiger partial charge >= 0.3 is 5.97 Å². The van der Waals surface area contributed by atoms with Crippen LogP contribution in [-0.2, 0) is 9.53 Å². The Bertz CT molecular complexity index is 319. The van der Waals surface area contributed by atoms with Crippen molar-refractivity contribution in [1.82, 2.24) is 0 Å². The Morgan fingerprint density at radius 3 is 2.88 bits per heavy atom. The van der Waals surface area contributed by atoms with Crippen LogP contribution in [0.25, 0.3) is 0 Å². The second-order valence-electron chi connectivity index (χ2n) is 5.80. The van der Waals surface area contributed by atoms with Gasteiger partial charge in [-0.15, -0.1) is 0 Å². The first-order valence-electron chi connectivity index (χ1n) is 6.88. The zero-order valence-corrected chi connectivity index (χ0v) is 11.2. The van der Waals surface area contributed by atoms with Gasteiger partial charge in [-0.25, -0.2) is 0 Å². The summed E-state index contributed by atoms with van der Waals surface area (Å²) in [4.78, 5) is 11.7. The predicted octanol–water partition coefficient (Wildman–Crippen LogP) is 3.57. The van der Waals surface area contributed by atoms with Crippen molar-refractivity contribution in [2.24, 2.45) is 23.7 Å².